The molecule has 2 aromatic carbocycles. The summed E-state index contributed by atoms with van der Waals surface area (Å²) in [5.74, 6) is 1.29. The molecule has 1 aliphatic heterocycles. The van der Waals surface area contributed by atoms with Crippen molar-refractivity contribution in [3.05, 3.63) is 59.3 Å². The van der Waals surface area contributed by atoms with Crippen molar-refractivity contribution in [3.8, 4) is 11.5 Å². The predicted octanol–water partition coefficient (Wildman–Crippen LogP) is 3.72. The number of benzene rings is 2. The Labute approximate surface area is 188 Å². The zero-order chi connectivity index (χ0) is 22.8. The van der Waals surface area contributed by atoms with Gasteiger partial charge in [-0.3, -0.25) is 10.2 Å². The lowest BCUT2D eigenvalue weighted by atomic mass is 10.1. The second-order valence-corrected chi connectivity index (χ2v) is 8.28. The van der Waals surface area contributed by atoms with Crippen molar-refractivity contribution in [2.24, 2.45) is 12.8 Å². The number of likely N-dealkylation sites (tertiary alicyclic amines) is 1. The van der Waals surface area contributed by atoms with E-state index in [1.54, 1.807) is 32.4 Å². The van der Waals surface area contributed by atoms with Crippen LogP contribution < -0.4 is 15.2 Å². The van der Waals surface area contributed by atoms with Gasteiger partial charge in [0.05, 0.1) is 14.2 Å². The Balaban J connectivity index is 1.49. The van der Waals surface area contributed by atoms with E-state index in [1.165, 1.54) is 5.69 Å². The van der Waals surface area contributed by atoms with E-state index in [-0.39, 0.29) is 17.8 Å². The maximum atomic E-state index is 13.2. The van der Waals surface area contributed by atoms with E-state index in [1.807, 2.05) is 30.1 Å². The number of hydrogen-bond donors (Lipinski definition) is 2. The summed E-state index contributed by atoms with van der Waals surface area (Å²) in [7, 11) is 5.21. The van der Waals surface area contributed by atoms with Crippen molar-refractivity contribution in [1.29, 1.82) is 5.41 Å². The van der Waals surface area contributed by atoms with Gasteiger partial charge in [-0.05, 0) is 61.4 Å². The van der Waals surface area contributed by atoms with Crippen LogP contribution in [0.25, 0.3) is 10.9 Å². The van der Waals surface area contributed by atoms with Gasteiger partial charge in [-0.1, -0.05) is 12.1 Å². The molecule has 1 saturated heterocycles. The van der Waals surface area contributed by atoms with Gasteiger partial charge in [0.1, 0.15) is 5.84 Å². The lowest BCUT2D eigenvalue weighted by Crippen LogP contribution is -2.35. The highest BCUT2D eigenvalue weighted by Gasteiger charge is 2.30. The fourth-order valence-corrected chi connectivity index (χ4v) is 4.65. The second-order valence-electron chi connectivity index (χ2n) is 8.28. The number of hydrogen-bond acceptors (Lipinski definition) is 4. The molecule has 3 aromatic rings. The number of rotatable bonds is 7. The van der Waals surface area contributed by atoms with Gasteiger partial charge in [-0.2, -0.15) is 0 Å². The molecule has 1 atom stereocenters. The number of nitrogens with zero attached hydrogens (tertiary/aromatic N) is 2. The van der Waals surface area contributed by atoms with Crippen LogP contribution >= 0.6 is 0 Å². The Bertz CT molecular complexity index is 1170. The number of amides is 1. The van der Waals surface area contributed by atoms with Crippen LogP contribution in [0.5, 0.6) is 11.5 Å². The number of ether oxygens (including phenoxy) is 2. The van der Waals surface area contributed by atoms with E-state index in [4.69, 9.17) is 20.6 Å². The molecule has 7 heteroatoms. The summed E-state index contributed by atoms with van der Waals surface area (Å²) in [6.45, 7) is 0.773. The second kappa shape index (κ2) is 8.94. The molecule has 0 aliphatic carbocycles. The van der Waals surface area contributed by atoms with E-state index in [0.29, 0.717) is 17.1 Å². The fourth-order valence-electron chi connectivity index (χ4n) is 4.65. The van der Waals surface area contributed by atoms with Gasteiger partial charge in [0.15, 0.2) is 11.5 Å². The quantitative estimate of drug-likeness (QED) is 0.438. The SMILES string of the molecule is COc1ccc(C(=O)N2CCC[C@H]2CCc2cc3ccc(C(=N)N)cc3n2C)cc1OC. The smallest absolute Gasteiger partial charge is 0.254 e. The predicted molar refractivity (Wildman–Crippen MR) is 126 cm³/mol. The molecule has 4 rings (SSSR count). The first-order valence-electron chi connectivity index (χ1n) is 10.9. The maximum absolute atomic E-state index is 13.2. The van der Waals surface area contributed by atoms with E-state index in [2.05, 4.69) is 10.6 Å². The Hall–Kier alpha value is -3.48. The molecule has 0 unspecified atom stereocenters. The fraction of sp³-hybridized carbons (Fsp3) is 0.360. The number of aromatic nitrogens is 1. The molecule has 3 N–H and O–H groups in total. The van der Waals surface area contributed by atoms with Gasteiger partial charge >= 0.3 is 0 Å². The van der Waals surface area contributed by atoms with Crippen LogP contribution in [0.3, 0.4) is 0 Å². The largest absolute Gasteiger partial charge is 0.493 e. The molecule has 0 saturated carbocycles. The van der Waals surface area contributed by atoms with Crippen molar-refractivity contribution in [2.45, 2.75) is 31.7 Å². The zero-order valence-electron chi connectivity index (χ0n) is 18.9. The van der Waals surface area contributed by atoms with E-state index >= 15 is 0 Å². The summed E-state index contributed by atoms with van der Waals surface area (Å²) >= 11 is 0. The number of fused-ring (bicyclic) bond motifs is 1. The topological polar surface area (TPSA) is 93.6 Å². The van der Waals surface area contributed by atoms with Crippen LogP contribution in [0.4, 0.5) is 0 Å². The first kappa shape index (κ1) is 21.7. The van der Waals surface area contributed by atoms with Crippen molar-refractivity contribution in [2.75, 3.05) is 20.8 Å². The van der Waals surface area contributed by atoms with Crippen LogP contribution in [0, 0.1) is 5.41 Å². The Morgan fingerprint density at radius 3 is 2.56 bits per heavy atom. The molecule has 0 radical (unpaired) electrons. The van der Waals surface area contributed by atoms with E-state index in [9.17, 15) is 4.79 Å². The molecule has 168 valence electrons. The summed E-state index contributed by atoms with van der Waals surface area (Å²) in [6.07, 6.45) is 3.81. The minimum atomic E-state index is 0.0385. The molecule has 0 spiro atoms. The molecular weight excluding hydrogens is 404 g/mol. The van der Waals surface area contributed by atoms with Crippen molar-refractivity contribution >= 4 is 22.6 Å². The number of carbonyl (C=O) groups excluding carboxylic acids is 1. The summed E-state index contributed by atoms with van der Waals surface area (Å²) in [5.41, 5.74) is 9.28. The highest BCUT2D eigenvalue weighted by atomic mass is 16.5. The standard InChI is InChI=1S/C25H30N4O3/c1-28-20(13-16-6-7-17(24(26)27)14-21(16)28)10-9-19-5-4-12-29(19)25(30)18-8-11-22(31-2)23(15-18)32-3/h6-8,11,13-15,19H,4-5,9-10,12H2,1-3H3,(H3,26,27)/t19-/m0/s1. The molecular formula is C25H30N4O3. The summed E-state index contributed by atoms with van der Waals surface area (Å²) < 4.78 is 12.8. The lowest BCUT2D eigenvalue weighted by molar-refractivity contribution is 0.0730. The third-order valence-electron chi connectivity index (χ3n) is 6.46. The number of aryl methyl sites for hydroxylation is 2. The lowest BCUT2D eigenvalue weighted by Gasteiger charge is -2.25. The van der Waals surface area contributed by atoms with Crippen molar-refractivity contribution in [1.82, 2.24) is 9.47 Å². The number of nitrogens with one attached hydrogen (secondary N) is 1. The van der Waals surface area contributed by atoms with E-state index in [0.717, 1.165) is 48.7 Å². The van der Waals surface area contributed by atoms with Gasteiger partial charge in [0.2, 0.25) is 0 Å². The van der Waals surface area contributed by atoms with Crippen LogP contribution in [0.2, 0.25) is 0 Å². The molecule has 1 aromatic heterocycles. The first-order chi connectivity index (χ1) is 15.4. The molecule has 1 amide bonds. The highest BCUT2D eigenvalue weighted by Crippen LogP contribution is 2.30. The minimum Gasteiger partial charge on any atom is -0.493 e. The summed E-state index contributed by atoms with van der Waals surface area (Å²) in [4.78, 5) is 15.2. The maximum Gasteiger partial charge on any atom is 0.254 e. The molecule has 1 fully saturated rings. The monoisotopic (exact) mass is 434 g/mol. The van der Waals surface area contributed by atoms with Gasteiger partial charge < -0.3 is 24.7 Å². The highest BCUT2D eigenvalue weighted by molar-refractivity contribution is 5.98. The van der Waals surface area contributed by atoms with Crippen LogP contribution in [-0.2, 0) is 13.5 Å². The third-order valence-corrected chi connectivity index (χ3v) is 6.46. The zero-order valence-corrected chi connectivity index (χ0v) is 18.9. The van der Waals surface area contributed by atoms with E-state index < -0.39 is 0 Å². The summed E-state index contributed by atoms with van der Waals surface area (Å²) in [6, 6.07) is 13.6. The number of carbonyl (C=O) groups is 1. The average Bonchev–Trinajstić information content (AvgIpc) is 3.40. The molecule has 0 bridgehead atoms. The molecule has 1 aliphatic rings. The van der Waals surface area contributed by atoms with Gasteiger partial charge in [0.25, 0.3) is 5.91 Å². The van der Waals surface area contributed by atoms with Gasteiger partial charge in [-0.25, -0.2) is 0 Å². The van der Waals surface area contributed by atoms with Crippen molar-refractivity contribution < 1.29 is 14.3 Å². The third kappa shape index (κ3) is 4.02. The average molecular weight is 435 g/mol. The van der Waals surface area contributed by atoms with Crippen LogP contribution in [-0.4, -0.2) is 48.0 Å². The minimum absolute atomic E-state index is 0.0385. The van der Waals surface area contributed by atoms with Crippen LogP contribution in [0.1, 0.15) is 40.9 Å². The molecule has 32 heavy (non-hydrogen) atoms. The van der Waals surface area contributed by atoms with Gasteiger partial charge in [0, 0.05) is 42.0 Å². The molecule has 7 nitrogen and oxygen atoms in total. The number of methoxy groups -OCH3 is 2. The number of amidine groups is 1. The molecule has 2 heterocycles. The summed E-state index contributed by atoms with van der Waals surface area (Å²) in [5, 5.41) is 8.82. The Morgan fingerprint density at radius 2 is 1.84 bits per heavy atom. The first-order valence-corrected chi connectivity index (χ1v) is 10.9. The Kier molecular flexibility index (Phi) is 6.08. The Morgan fingerprint density at radius 1 is 1.09 bits per heavy atom. The normalized spacial score (nSPS) is 15.8. The number of nitrogens with two attached hydrogens (primary N) is 1. The number of nitrogen functional groups attached to an aromatic ring is 1. The van der Waals surface area contributed by atoms with Crippen molar-refractivity contribution in [3.63, 3.8) is 0 Å². The van der Waals surface area contributed by atoms with Crippen LogP contribution in [0.15, 0.2) is 42.5 Å². The van der Waals surface area contributed by atoms with Gasteiger partial charge in [-0.15, -0.1) is 0 Å².